The number of nitrogens with one attached hydrogen (secondary N) is 1. The van der Waals surface area contributed by atoms with Crippen LogP contribution in [0.4, 0.5) is 5.69 Å². The number of allylic oxidation sites excluding steroid dienone is 4. The van der Waals surface area contributed by atoms with Crippen molar-refractivity contribution >= 4 is 17.0 Å². The molecule has 0 aliphatic rings. The first kappa shape index (κ1) is 16.8. The summed E-state index contributed by atoms with van der Waals surface area (Å²) >= 11 is 0. The van der Waals surface area contributed by atoms with Gasteiger partial charge in [-0.1, -0.05) is 68.1 Å². The minimum atomic E-state index is 0.917. The molecule has 0 fully saturated rings. The third kappa shape index (κ3) is 4.72. The monoisotopic (exact) mass is 303 g/mol. The fraction of sp³-hybridized carbons (Fsp3) is 0.182. The zero-order valence-electron chi connectivity index (χ0n) is 14.3. The van der Waals surface area contributed by atoms with Gasteiger partial charge in [0.1, 0.15) is 0 Å². The Morgan fingerprint density at radius 1 is 1.09 bits per heavy atom. The Hall–Kier alpha value is -2.54. The van der Waals surface area contributed by atoms with Gasteiger partial charge >= 0.3 is 0 Å². The van der Waals surface area contributed by atoms with Crippen molar-refractivity contribution in [3.8, 4) is 0 Å². The smallest absolute Gasteiger partial charge is 0.0386 e. The largest absolute Gasteiger partial charge is 0.356 e. The lowest BCUT2D eigenvalue weighted by molar-refractivity contribution is 1.14. The second kappa shape index (κ2) is 8.19. The molecule has 0 amide bonds. The molecule has 0 bridgehead atoms. The van der Waals surface area contributed by atoms with Crippen molar-refractivity contribution in [1.82, 2.24) is 0 Å². The van der Waals surface area contributed by atoms with Crippen LogP contribution in [0.3, 0.4) is 0 Å². The first-order chi connectivity index (χ1) is 11.1. The normalized spacial score (nSPS) is 11.7. The van der Waals surface area contributed by atoms with Crippen molar-refractivity contribution in [3.63, 3.8) is 0 Å². The molecule has 0 atom stereocenters. The molecule has 1 nitrogen and oxygen atoms in total. The average Bonchev–Trinajstić information content (AvgIpc) is 2.60. The number of anilines is 1. The van der Waals surface area contributed by atoms with E-state index in [9.17, 15) is 0 Å². The standard InChI is InChI=1S/C22H25N/c1-5-7-9-17(3)20-12-14-21(15-13-20)18(4)23-22-11-8-10-19(6-2)16-22/h5,7-16,23H,4,6H2,1-3H3/b7-5-,17-9+. The summed E-state index contributed by atoms with van der Waals surface area (Å²) in [5.74, 6) is 0. The lowest BCUT2D eigenvalue weighted by Gasteiger charge is -2.11. The summed E-state index contributed by atoms with van der Waals surface area (Å²) in [6, 6.07) is 17.0. The molecule has 2 rings (SSSR count). The van der Waals surface area contributed by atoms with Crippen molar-refractivity contribution in [1.29, 1.82) is 0 Å². The van der Waals surface area contributed by atoms with Crippen molar-refractivity contribution in [2.45, 2.75) is 27.2 Å². The van der Waals surface area contributed by atoms with E-state index >= 15 is 0 Å². The number of rotatable bonds is 6. The van der Waals surface area contributed by atoms with Crippen LogP contribution in [0.5, 0.6) is 0 Å². The molecule has 1 N–H and O–H groups in total. The summed E-state index contributed by atoms with van der Waals surface area (Å²) in [6.07, 6.45) is 7.26. The fourth-order valence-corrected chi connectivity index (χ4v) is 2.39. The maximum absolute atomic E-state index is 4.16. The lowest BCUT2D eigenvalue weighted by Crippen LogP contribution is -1.98. The van der Waals surface area contributed by atoms with Crippen LogP contribution in [0.1, 0.15) is 37.5 Å². The minimum absolute atomic E-state index is 0.917. The van der Waals surface area contributed by atoms with Gasteiger partial charge in [-0.3, -0.25) is 0 Å². The Morgan fingerprint density at radius 3 is 2.43 bits per heavy atom. The van der Waals surface area contributed by atoms with Crippen molar-refractivity contribution in [2.75, 3.05) is 5.32 Å². The van der Waals surface area contributed by atoms with Gasteiger partial charge in [-0.15, -0.1) is 0 Å². The van der Waals surface area contributed by atoms with Crippen LogP contribution in [-0.2, 0) is 6.42 Å². The number of benzene rings is 2. The third-order valence-corrected chi connectivity index (χ3v) is 3.86. The molecule has 0 unspecified atom stereocenters. The van der Waals surface area contributed by atoms with E-state index in [1.54, 1.807) is 0 Å². The van der Waals surface area contributed by atoms with Gasteiger partial charge in [0.2, 0.25) is 0 Å². The van der Waals surface area contributed by atoms with E-state index in [1.165, 1.54) is 16.7 Å². The molecular formula is C22H25N. The van der Waals surface area contributed by atoms with E-state index in [0.29, 0.717) is 0 Å². The second-order valence-electron chi connectivity index (χ2n) is 5.61. The highest BCUT2D eigenvalue weighted by atomic mass is 14.9. The molecule has 0 spiro atoms. The van der Waals surface area contributed by atoms with Crippen molar-refractivity contribution in [2.24, 2.45) is 0 Å². The van der Waals surface area contributed by atoms with Gasteiger partial charge < -0.3 is 5.32 Å². The quantitative estimate of drug-likeness (QED) is 0.616. The molecule has 0 aromatic heterocycles. The zero-order valence-corrected chi connectivity index (χ0v) is 14.3. The number of aryl methyl sites for hydroxylation is 1. The summed E-state index contributed by atoms with van der Waals surface area (Å²) in [6.45, 7) is 10.5. The van der Waals surface area contributed by atoms with Gasteiger partial charge in [-0.2, -0.15) is 0 Å². The highest BCUT2D eigenvalue weighted by Gasteiger charge is 2.02. The maximum Gasteiger partial charge on any atom is 0.0386 e. The van der Waals surface area contributed by atoms with Crippen LogP contribution < -0.4 is 5.32 Å². The van der Waals surface area contributed by atoms with Crippen LogP contribution >= 0.6 is 0 Å². The van der Waals surface area contributed by atoms with E-state index in [4.69, 9.17) is 0 Å². The molecule has 0 saturated heterocycles. The van der Waals surface area contributed by atoms with E-state index in [1.807, 2.05) is 13.0 Å². The molecule has 0 aliphatic heterocycles. The van der Waals surface area contributed by atoms with Gasteiger partial charge in [0.05, 0.1) is 0 Å². The Balaban J connectivity index is 2.11. The molecule has 2 aromatic carbocycles. The van der Waals surface area contributed by atoms with Crippen LogP contribution in [0.2, 0.25) is 0 Å². The first-order valence-electron chi connectivity index (χ1n) is 8.09. The summed E-state index contributed by atoms with van der Waals surface area (Å²) in [4.78, 5) is 0. The number of hydrogen-bond donors (Lipinski definition) is 1. The molecule has 0 radical (unpaired) electrons. The van der Waals surface area contributed by atoms with Gasteiger partial charge in [-0.05, 0) is 54.7 Å². The average molecular weight is 303 g/mol. The maximum atomic E-state index is 4.16. The first-order valence-corrected chi connectivity index (χ1v) is 8.09. The van der Waals surface area contributed by atoms with Gasteiger partial charge in [0, 0.05) is 11.4 Å². The lowest BCUT2D eigenvalue weighted by atomic mass is 10.0. The molecule has 0 saturated carbocycles. The Bertz CT molecular complexity index is 718. The molecular weight excluding hydrogens is 278 g/mol. The predicted octanol–water partition coefficient (Wildman–Crippen LogP) is 6.31. The van der Waals surface area contributed by atoms with Crippen LogP contribution in [0.25, 0.3) is 11.3 Å². The van der Waals surface area contributed by atoms with Crippen molar-refractivity contribution in [3.05, 3.63) is 90.0 Å². The molecule has 0 heterocycles. The third-order valence-electron chi connectivity index (χ3n) is 3.86. The molecule has 23 heavy (non-hydrogen) atoms. The summed E-state index contributed by atoms with van der Waals surface area (Å²) in [7, 11) is 0. The Labute approximate surface area is 140 Å². The van der Waals surface area contributed by atoms with E-state index < -0.39 is 0 Å². The van der Waals surface area contributed by atoms with Gasteiger partial charge in [0.25, 0.3) is 0 Å². The van der Waals surface area contributed by atoms with Gasteiger partial charge in [-0.25, -0.2) is 0 Å². The SMILES string of the molecule is C=C(Nc1cccc(CC)c1)c1ccc(/C(C)=C/C=C\C)cc1. The van der Waals surface area contributed by atoms with E-state index in [0.717, 1.165) is 23.4 Å². The molecule has 2 aromatic rings. The summed E-state index contributed by atoms with van der Waals surface area (Å²) in [5.41, 5.74) is 6.91. The molecule has 0 aliphatic carbocycles. The second-order valence-corrected chi connectivity index (χ2v) is 5.61. The van der Waals surface area contributed by atoms with Crippen LogP contribution in [0, 0.1) is 0 Å². The Morgan fingerprint density at radius 2 is 1.78 bits per heavy atom. The summed E-state index contributed by atoms with van der Waals surface area (Å²) < 4.78 is 0. The summed E-state index contributed by atoms with van der Waals surface area (Å²) in [5, 5.41) is 3.40. The highest BCUT2D eigenvalue weighted by molar-refractivity contribution is 5.76. The molecule has 1 heteroatoms. The van der Waals surface area contributed by atoms with Crippen LogP contribution in [0.15, 0.2) is 73.3 Å². The zero-order chi connectivity index (χ0) is 16.7. The molecule has 118 valence electrons. The Kier molecular flexibility index (Phi) is 5.99. The highest BCUT2D eigenvalue weighted by Crippen LogP contribution is 2.21. The minimum Gasteiger partial charge on any atom is -0.356 e. The van der Waals surface area contributed by atoms with Crippen molar-refractivity contribution < 1.29 is 0 Å². The van der Waals surface area contributed by atoms with Crippen LogP contribution in [-0.4, -0.2) is 0 Å². The predicted molar refractivity (Wildman–Crippen MR) is 103 cm³/mol. The van der Waals surface area contributed by atoms with E-state index in [2.05, 4.69) is 86.4 Å². The van der Waals surface area contributed by atoms with E-state index in [-0.39, 0.29) is 0 Å². The topological polar surface area (TPSA) is 12.0 Å². The van der Waals surface area contributed by atoms with Gasteiger partial charge in [0.15, 0.2) is 0 Å². The number of hydrogen-bond acceptors (Lipinski definition) is 1. The fourth-order valence-electron chi connectivity index (χ4n) is 2.39.